The molecule has 0 bridgehead atoms. The van der Waals surface area contributed by atoms with Crippen LogP contribution >= 0.6 is 51.5 Å². The third-order valence-electron chi connectivity index (χ3n) is 4.35. The van der Waals surface area contributed by atoms with E-state index in [0.717, 1.165) is 21.3 Å². The maximum absolute atomic E-state index is 12.9. The van der Waals surface area contributed by atoms with Crippen molar-refractivity contribution < 1.29 is 9.53 Å². The lowest BCUT2D eigenvalue weighted by molar-refractivity contribution is -0.113. The molecule has 30 heavy (non-hydrogen) atoms. The number of nitrogens with zero attached hydrogens (tertiary/aromatic N) is 1. The molecule has 3 aromatic carbocycles. The minimum Gasteiger partial charge on any atom is -0.486 e. The highest BCUT2D eigenvalue weighted by Gasteiger charge is 2.33. The number of hydrogen-bond donors (Lipinski definition) is 0. The fraction of sp³-hybridized carbons (Fsp3) is 0.0435. The Bertz CT molecular complexity index is 1110. The number of amides is 1. The summed E-state index contributed by atoms with van der Waals surface area (Å²) in [5, 5.41) is 0.463. The molecule has 0 N–H and O–H groups in total. The largest absolute Gasteiger partial charge is 0.486 e. The molecule has 1 heterocycles. The lowest BCUT2D eigenvalue weighted by Crippen LogP contribution is -2.27. The van der Waals surface area contributed by atoms with Gasteiger partial charge in [0.1, 0.15) is 6.61 Å². The molecule has 0 atom stereocenters. The molecule has 0 aromatic heterocycles. The zero-order chi connectivity index (χ0) is 21.1. The van der Waals surface area contributed by atoms with Gasteiger partial charge in [-0.3, -0.25) is 9.69 Å². The Morgan fingerprint density at radius 1 is 1.07 bits per heavy atom. The zero-order valence-electron chi connectivity index (χ0n) is 15.5. The van der Waals surface area contributed by atoms with E-state index in [4.69, 9.17) is 28.6 Å². The Morgan fingerprint density at radius 2 is 1.73 bits per heavy atom. The number of thiocarbonyl (C=S) groups is 1. The quantitative estimate of drug-likeness (QED) is 0.267. The van der Waals surface area contributed by atoms with Gasteiger partial charge in [0.2, 0.25) is 0 Å². The number of anilines is 1. The smallest absolute Gasteiger partial charge is 0.270 e. The molecule has 3 aromatic rings. The van der Waals surface area contributed by atoms with Gasteiger partial charge in [-0.15, -0.1) is 0 Å². The summed E-state index contributed by atoms with van der Waals surface area (Å²) < 4.78 is 7.11. The van der Waals surface area contributed by atoms with Gasteiger partial charge in [0.15, 0.2) is 10.1 Å². The summed E-state index contributed by atoms with van der Waals surface area (Å²) >= 11 is 16.7. The van der Waals surface area contributed by atoms with E-state index in [1.54, 1.807) is 17.0 Å². The number of para-hydroxylation sites is 1. The molecule has 150 valence electrons. The second kappa shape index (κ2) is 9.35. The fourth-order valence-corrected chi connectivity index (χ4v) is 5.24. The molecule has 1 amide bonds. The van der Waals surface area contributed by atoms with Crippen molar-refractivity contribution in [1.82, 2.24) is 0 Å². The van der Waals surface area contributed by atoms with Gasteiger partial charge >= 0.3 is 0 Å². The number of carbonyl (C=O) groups is 1. The number of benzene rings is 3. The second-order valence-electron chi connectivity index (χ2n) is 6.44. The molecular weight excluding hydrogens is 502 g/mol. The molecular formula is C23H15BrClNO2S2. The predicted molar refractivity (Wildman–Crippen MR) is 132 cm³/mol. The maximum Gasteiger partial charge on any atom is 0.270 e. The normalized spacial score (nSPS) is 15.1. The number of thioether (sulfide) groups is 1. The lowest BCUT2D eigenvalue weighted by atomic mass is 10.2. The van der Waals surface area contributed by atoms with Gasteiger partial charge < -0.3 is 4.74 Å². The summed E-state index contributed by atoms with van der Waals surface area (Å²) in [5.74, 6) is 0.419. The third-order valence-corrected chi connectivity index (χ3v) is 6.52. The van der Waals surface area contributed by atoms with Gasteiger partial charge in [-0.05, 0) is 57.4 Å². The average molecular weight is 517 g/mol. The molecule has 1 aliphatic rings. The zero-order valence-corrected chi connectivity index (χ0v) is 19.5. The Labute approximate surface area is 197 Å². The summed E-state index contributed by atoms with van der Waals surface area (Å²) in [7, 11) is 0. The first kappa shape index (κ1) is 21.1. The van der Waals surface area contributed by atoms with Gasteiger partial charge in [0.25, 0.3) is 5.91 Å². The van der Waals surface area contributed by atoms with Crippen LogP contribution in [0.25, 0.3) is 6.08 Å². The van der Waals surface area contributed by atoms with E-state index in [9.17, 15) is 4.79 Å². The van der Waals surface area contributed by atoms with Crippen LogP contribution in [0.1, 0.15) is 11.1 Å². The van der Waals surface area contributed by atoms with Crippen LogP contribution in [0, 0.1) is 0 Å². The summed E-state index contributed by atoms with van der Waals surface area (Å²) in [6, 6.07) is 22.9. The van der Waals surface area contributed by atoms with Crippen molar-refractivity contribution in [2.24, 2.45) is 0 Å². The van der Waals surface area contributed by atoms with Gasteiger partial charge in [-0.25, -0.2) is 0 Å². The SMILES string of the molecule is O=C1/C(=C\c2cc(Cl)c(OCc3ccccc3)c(Br)c2)SC(=S)N1c1ccccc1. The number of hydrogen-bond acceptors (Lipinski definition) is 4. The van der Waals surface area contributed by atoms with E-state index in [0.29, 0.717) is 26.6 Å². The van der Waals surface area contributed by atoms with Crippen LogP contribution in [-0.4, -0.2) is 10.2 Å². The molecule has 0 spiro atoms. The number of rotatable bonds is 5. The molecule has 4 rings (SSSR count). The molecule has 0 unspecified atom stereocenters. The van der Waals surface area contributed by atoms with E-state index < -0.39 is 0 Å². The maximum atomic E-state index is 12.9. The first-order chi connectivity index (χ1) is 14.5. The Hall–Kier alpha value is -2.12. The summed E-state index contributed by atoms with van der Waals surface area (Å²) in [6.07, 6.45) is 1.79. The van der Waals surface area contributed by atoms with Crippen LogP contribution in [0.3, 0.4) is 0 Å². The van der Waals surface area contributed by atoms with Gasteiger partial charge in [-0.2, -0.15) is 0 Å². The molecule has 1 aliphatic heterocycles. The summed E-state index contributed by atoms with van der Waals surface area (Å²) in [6.45, 7) is 0.411. The van der Waals surface area contributed by atoms with Crippen molar-refractivity contribution in [1.29, 1.82) is 0 Å². The minimum atomic E-state index is -0.146. The van der Waals surface area contributed by atoms with E-state index in [2.05, 4.69) is 15.9 Å². The molecule has 0 aliphatic carbocycles. The molecule has 0 radical (unpaired) electrons. The number of ether oxygens (including phenoxy) is 1. The fourth-order valence-electron chi connectivity index (χ4n) is 2.95. The van der Waals surface area contributed by atoms with Crippen LogP contribution in [0.15, 0.2) is 82.2 Å². The highest BCUT2D eigenvalue weighted by atomic mass is 79.9. The first-order valence-corrected chi connectivity index (χ1v) is 11.4. The Kier molecular flexibility index (Phi) is 6.58. The van der Waals surface area contributed by atoms with Crippen molar-refractivity contribution in [3.8, 4) is 5.75 Å². The van der Waals surface area contributed by atoms with Crippen LogP contribution in [0.4, 0.5) is 5.69 Å². The van der Waals surface area contributed by atoms with Crippen molar-refractivity contribution >= 4 is 73.5 Å². The molecule has 7 heteroatoms. The van der Waals surface area contributed by atoms with E-state index >= 15 is 0 Å². The van der Waals surface area contributed by atoms with Gasteiger partial charge in [0.05, 0.1) is 20.1 Å². The molecule has 3 nitrogen and oxygen atoms in total. The topological polar surface area (TPSA) is 29.5 Å². The van der Waals surface area contributed by atoms with Crippen LogP contribution in [0.2, 0.25) is 5.02 Å². The number of halogens is 2. The summed E-state index contributed by atoms with van der Waals surface area (Å²) in [5.41, 5.74) is 2.59. The molecule has 1 fully saturated rings. The van der Waals surface area contributed by atoms with Crippen LogP contribution in [0.5, 0.6) is 5.75 Å². The standard InChI is InChI=1S/C23H15BrClNO2S2/c24-18-11-16(12-19(25)21(18)28-14-15-7-3-1-4-8-15)13-20-22(27)26(23(29)30-20)17-9-5-2-6-10-17/h1-13H,14H2/b20-13+. The first-order valence-electron chi connectivity index (χ1n) is 9.02. The van der Waals surface area contributed by atoms with Crippen molar-refractivity contribution in [2.45, 2.75) is 6.61 Å². The predicted octanol–water partition coefficient (Wildman–Crippen LogP) is 7.09. The van der Waals surface area contributed by atoms with Crippen molar-refractivity contribution in [3.05, 3.63) is 98.3 Å². The monoisotopic (exact) mass is 515 g/mol. The molecule has 1 saturated heterocycles. The van der Waals surface area contributed by atoms with Crippen LogP contribution < -0.4 is 9.64 Å². The second-order valence-corrected chi connectivity index (χ2v) is 9.38. The van der Waals surface area contributed by atoms with E-state index in [-0.39, 0.29) is 5.91 Å². The minimum absolute atomic E-state index is 0.146. The van der Waals surface area contributed by atoms with Crippen LogP contribution in [-0.2, 0) is 11.4 Å². The highest BCUT2D eigenvalue weighted by molar-refractivity contribution is 9.10. The summed E-state index contributed by atoms with van der Waals surface area (Å²) in [4.78, 5) is 15.0. The van der Waals surface area contributed by atoms with Crippen molar-refractivity contribution in [3.63, 3.8) is 0 Å². The van der Waals surface area contributed by atoms with Gasteiger partial charge in [-0.1, -0.05) is 84.1 Å². The van der Waals surface area contributed by atoms with E-state index in [1.165, 1.54) is 11.8 Å². The highest BCUT2D eigenvalue weighted by Crippen LogP contribution is 2.39. The van der Waals surface area contributed by atoms with Gasteiger partial charge in [0, 0.05) is 0 Å². The molecule has 0 saturated carbocycles. The van der Waals surface area contributed by atoms with E-state index in [1.807, 2.05) is 66.7 Å². The lowest BCUT2D eigenvalue weighted by Gasteiger charge is -2.14. The number of carbonyl (C=O) groups excluding carboxylic acids is 1. The average Bonchev–Trinajstić information content (AvgIpc) is 3.01. The third kappa shape index (κ3) is 4.62. The van der Waals surface area contributed by atoms with Crippen molar-refractivity contribution in [2.75, 3.05) is 4.90 Å². The Balaban J connectivity index is 1.55. The Morgan fingerprint density at radius 3 is 2.40 bits per heavy atom.